The van der Waals surface area contributed by atoms with Crippen molar-refractivity contribution in [3.8, 4) is 0 Å². The van der Waals surface area contributed by atoms with Crippen LogP contribution in [0.1, 0.15) is 64.2 Å². The monoisotopic (exact) mass is 407 g/mol. The molecular formula is C21H37N5O3. The molecule has 0 atom stereocenters. The number of likely N-dealkylation sites (tertiary alicyclic amines) is 1. The summed E-state index contributed by atoms with van der Waals surface area (Å²) in [4.78, 5) is 42.6. The molecule has 0 aromatic heterocycles. The first-order chi connectivity index (χ1) is 14.1. The highest BCUT2D eigenvalue weighted by molar-refractivity contribution is 5.78. The second-order valence-corrected chi connectivity index (χ2v) is 8.54. The van der Waals surface area contributed by atoms with E-state index in [9.17, 15) is 14.4 Å². The summed E-state index contributed by atoms with van der Waals surface area (Å²) in [6.07, 6.45) is 10.3. The van der Waals surface area contributed by atoms with Gasteiger partial charge in [0, 0.05) is 58.3 Å². The Bertz CT molecular complexity index is 551. The molecule has 3 fully saturated rings. The smallest absolute Gasteiger partial charge is 0.320 e. The third-order valence-electron chi connectivity index (χ3n) is 6.32. The van der Waals surface area contributed by atoms with Gasteiger partial charge in [0.15, 0.2) is 0 Å². The molecule has 2 N–H and O–H groups in total. The fourth-order valence-corrected chi connectivity index (χ4v) is 4.52. The molecule has 0 unspecified atom stereocenters. The molecule has 8 heteroatoms. The SMILES string of the molecule is O=C(NCCCC(=O)N1CCN(C(=O)N2CCCCC2)CC1)NC1CCCCC1. The van der Waals surface area contributed by atoms with E-state index in [2.05, 4.69) is 10.6 Å². The van der Waals surface area contributed by atoms with E-state index in [-0.39, 0.29) is 18.0 Å². The van der Waals surface area contributed by atoms with Gasteiger partial charge in [-0.25, -0.2) is 9.59 Å². The highest BCUT2D eigenvalue weighted by Crippen LogP contribution is 2.17. The number of amides is 5. The van der Waals surface area contributed by atoms with Gasteiger partial charge in [0.05, 0.1) is 0 Å². The Morgan fingerprint density at radius 3 is 2.00 bits per heavy atom. The number of rotatable bonds is 5. The number of urea groups is 2. The van der Waals surface area contributed by atoms with Crippen molar-refractivity contribution >= 4 is 18.0 Å². The minimum absolute atomic E-state index is 0.115. The first kappa shape index (κ1) is 21.7. The largest absolute Gasteiger partial charge is 0.339 e. The van der Waals surface area contributed by atoms with Crippen LogP contribution >= 0.6 is 0 Å². The number of piperazine rings is 1. The molecule has 1 saturated carbocycles. The van der Waals surface area contributed by atoms with Gasteiger partial charge in [-0.1, -0.05) is 19.3 Å². The van der Waals surface area contributed by atoms with Crippen molar-refractivity contribution in [2.45, 2.75) is 70.3 Å². The van der Waals surface area contributed by atoms with Gasteiger partial charge in [0.1, 0.15) is 0 Å². The molecule has 2 heterocycles. The average molecular weight is 408 g/mol. The van der Waals surface area contributed by atoms with Gasteiger partial charge in [0.25, 0.3) is 0 Å². The molecule has 8 nitrogen and oxygen atoms in total. The summed E-state index contributed by atoms with van der Waals surface area (Å²) in [5.74, 6) is 0.115. The topological polar surface area (TPSA) is 85.0 Å². The van der Waals surface area contributed by atoms with Crippen LogP contribution in [0.5, 0.6) is 0 Å². The molecule has 29 heavy (non-hydrogen) atoms. The van der Waals surface area contributed by atoms with E-state index in [0.29, 0.717) is 51.6 Å². The van der Waals surface area contributed by atoms with Crippen molar-refractivity contribution in [2.75, 3.05) is 45.8 Å². The third kappa shape index (κ3) is 6.78. The van der Waals surface area contributed by atoms with Crippen LogP contribution in [-0.4, -0.2) is 84.5 Å². The predicted molar refractivity (Wildman–Crippen MR) is 112 cm³/mol. The third-order valence-corrected chi connectivity index (χ3v) is 6.32. The lowest BCUT2D eigenvalue weighted by atomic mass is 9.96. The van der Waals surface area contributed by atoms with Crippen LogP contribution in [0.3, 0.4) is 0 Å². The first-order valence-electron chi connectivity index (χ1n) is 11.5. The minimum Gasteiger partial charge on any atom is -0.339 e. The van der Waals surface area contributed by atoms with E-state index >= 15 is 0 Å². The average Bonchev–Trinajstić information content (AvgIpc) is 2.77. The molecular weight excluding hydrogens is 370 g/mol. The Morgan fingerprint density at radius 2 is 1.31 bits per heavy atom. The second kappa shape index (κ2) is 11.3. The zero-order valence-corrected chi connectivity index (χ0v) is 17.7. The standard InChI is InChI=1S/C21H37N5O3/c27-19(10-7-11-22-20(28)23-18-8-3-1-4-9-18)24-14-16-26(17-15-24)21(29)25-12-5-2-6-13-25/h18H,1-17H2,(H2,22,23,28). The summed E-state index contributed by atoms with van der Waals surface area (Å²) in [5, 5.41) is 5.89. The zero-order chi connectivity index (χ0) is 20.5. The van der Waals surface area contributed by atoms with Gasteiger partial charge in [-0.05, 0) is 38.5 Å². The van der Waals surface area contributed by atoms with Crippen LogP contribution in [-0.2, 0) is 4.79 Å². The van der Waals surface area contributed by atoms with Crippen molar-refractivity contribution in [2.24, 2.45) is 0 Å². The van der Waals surface area contributed by atoms with E-state index in [4.69, 9.17) is 0 Å². The van der Waals surface area contributed by atoms with Crippen molar-refractivity contribution in [1.82, 2.24) is 25.3 Å². The lowest BCUT2D eigenvalue weighted by Crippen LogP contribution is -2.54. The summed E-state index contributed by atoms with van der Waals surface area (Å²) < 4.78 is 0. The number of piperidine rings is 1. The normalized spacial score (nSPS) is 21.0. The molecule has 0 spiro atoms. The molecule has 0 aromatic carbocycles. The molecule has 1 aliphatic carbocycles. The first-order valence-corrected chi connectivity index (χ1v) is 11.5. The van der Waals surface area contributed by atoms with Gasteiger partial charge in [0.2, 0.25) is 5.91 Å². The van der Waals surface area contributed by atoms with Crippen molar-refractivity contribution in [3.05, 3.63) is 0 Å². The predicted octanol–water partition coefficient (Wildman–Crippen LogP) is 2.15. The molecule has 5 amide bonds. The molecule has 0 aromatic rings. The van der Waals surface area contributed by atoms with E-state index < -0.39 is 0 Å². The quantitative estimate of drug-likeness (QED) is 0.685. The Morgan fingerprint density at radius 1 is 0.724 bits per heavy atom. The van der Waals surface area contributed by atoms with Crippen LogP contribution in [0.2, 0.25) is 0 Å². The fraction of sp³-hybridized carbons (Fsp3) is 0.857. The number of carbonyl (C=O) groups excluding carboxylic acids is 3. The molecule has 3 rings (SSSR count). The molecule has 2 saturated heterocycles. The van der Waals surface area contributed by atoms with Gasteiger partial charge in [-0.3, -0.25) is 4.79 Å². The summed E-state index contributed by atoms with van der Waals surface area (Å²) in [6, 6.07) is 0.313. The Hall–Kier alpha value is -1.99. The number of hydrogen-bond acceptors (Lipinski definition) is 3. The lowest BCUT2D eigenvalue weighted by molar-refractivity contribution is -0.132. The maximum Gasteiger partial charge on any atom is 0.320 e. The zero-order valence-electron chi connectivity index (χ0n) is 17.7. The highest BCUT2D eigenvalue weighted by Gasteiger charge is 2.27. The maximum atomic E-state index is 12.5. The van der Waals surface area contributed by atoms with Gasteiger partial charge in [-0.2, -0.15) is 0 Å². The van der Waals surface area contributed by atoms with Gasteiger partial charge in [-0.15, -0.1) is 0 Å². The van der Waals surface area contributed by atoms with Crippen LogP contribution in [0.4, 0.5) is 9.59 Å². The fourth-order valence-electron chi connectivity index (χ4n) is 4.52. The molecule has 164 valence electrons. The summed E-state index contributed by atoms with van der Waals surface area (Å²) in [5.41, 5.74) is 0. The van der Waals surface area contributed by atoms with Crippen molar-refractivity contribution < 1.29 is 14.4 Å². The second-order valence-electron chi connectivity index (χ2n) is 8.54. The van der Waals surface area contributed by atoms with Crippen LogP contribution in [0, 0.1) is 0 Å². The molecule has 3 aliphatic rings. The van der Waals surface area contributed by atoms with Crippen molar-refractivity contribution in [1.29, 1.82) is 0 Å². The number of nitrogens with one attached hydrogen (secondary N) is 2. The lowest BCUT2D eigenvalue weighted by Gasteiger charge is -2.38. The Labute approximate surface area is 174 Å². The number of carbonyl (C=O) groups is 3. The summed E-state index contributed by atoms with van der Waals surface area (Å²) in [7, 11) is 0. The molecule has 0 radical (unpaired) electrons. The van der Waals surface area contributed by atoms with Crippen LogP contribution in [0.15, 0.2) is 0 Å². The van der Waals surface area contributed by atoms with E-state index in [1.54, 1.807) is 0 Å². The maximum absolute atomic E-state index is 12.5. The van der Waals surface area contributed by atoms with Crippen molar-refractivity contribution in [3.63, 3.8) is 0 Å². The van der Waals surface area contributed by atoms with Crippen LogP contribution < -0.4 is 10.6 Å². The summed E-state index contributed by atoms with van der Waals surface area (Å²) in [6.45, 7) is 4.67. The van der Waals surface area contributed by atoms with Gasteiger partial charge >= 0.3 is 12.1 Å². The molecule has 0 bridgehead atoms. The van der Waals surface area contributed by atoms with Gasteiger partial charge < -0.3 is 25.3 Å². The number of nitrogens with zero attached hydrogens (tertiary/aromatic N) is 3. The highest BCUT2D eigenvalue weighted by atomic mass is 16.2. The van der Waals surface area contributed by atoms with E-state index in [0.717, 1.165) is 38.8 Å². The Balaban J connectivity index is 1.26. The Kier molecular flexibility index (Phi) is 8.43. The van der Waals surface area contributed by atoms with Crippen LogP contribution in [0.25, 0.3) is 0 Å². The van der Waals surface area contributed by atoms with E-state index in [1.807, 2.05) is 14.7 Å². The summed E-state index contributed by atoms with van der Waals surface area (Å²) >= 11 is 0. The number of hydrogen-bond donors (Lipinski definition) is 2. The molecule has 2 aliphatic heterocycles. The minimum atomic E-state index is -0.116. The van der Waals surface area contributed by atoms with E-state index in [1.165, 1.54) is 25.7 Å².